The normalized spacial score (nSPS) is 22.3. The van der Waals surface area contributed by atoms with Crippen LogP contribution in [0.3, 0.4) is 0 Å². The number of benzene rings is 1. The number of hydrogen-bond acceptors (Lipinski definition) is 4. The Labute approximate surface area is 164 Å². The van der Waals surface area contributed by atoms with E-state index in [0.29, 0.717) is 12.0 Å². The highest BCUT2D eigenvalue weighted by atomic mass is 16.1. The van der Waals surface area contributed by atoms with Crippen molar-refractivity contribution in [3.63, 3.8) is 0 Å². The predicted molar refractivity (Wildman–Crippen MR) is 112 cm³/mol. The zero-order valence-corrected chi connectivity index (χ0v) is 16.3. The van der Waals surface area contributed by atoms with Crippen LogP contribution in [0.15, 0.2) is 47.3 Å². The van der Waals surface area contributed by atoms with Gasteiger partial charge in [0.2, 0.25) is 0 Å². The van der Waals surface area contributed by atoms with Crippen molar-refractivity contribution < 1.29 is 0 Å². The van der Waals surface area contributed by atoms with Crippen molar-refractivity contribution in [3.05, 3.63) is 64.1 Å². The summed E-state index contributed by atoms with van der Waals surface area (Å²) in [5.41, 5.74) is 3.41. The Morgan fingerprint density at radius 3 is 2.57 bits per heavy atom. The summed E-state index contributed by atoms with van der Waals surface area (Å²) in [5, 5.41) is 9.51. The highest BCUT2D eigenvalue weighted by Gasteiger charge is 2.28. The predicted octanol–water partition coefficient (Wildman–Crippen LogP) is 4.57. The molecule has 2 heterocycles. The summed E-state index contributed by atoms with van der Waals surface area (Å²) >= 11 is 0. The summed E-state index contributed by atoms with van der Waals surface area (Å²) in [6, 6.07) is 14.6. The molecule has 1 N–H and O–H groups in total. The van der Waals surface area contributed by atoms with Crippen molar-refractivity contribution in [2.75, 3.05) is 5.32 Å². The SMILES string of the molecule is Cc1cc(NC2CCC(n3nc(C4CC4)ccc3=O)CC2)nc2ccccc12. The van der Waals surface area contributed by atoms with E-state index in [2.05, 4.69) is 41.6 Å². The molecule has 2 aromatic heterocycles. The van der Waals surface area contributed by atoms with Crippen LogP contribution in [0.5, 0.6) is 0 Å². The van der Waals surface area contributed by atoms with Crippen LogP contribution in [-0.4, -0.2) is 20.8 Å². The lowest BCUT2D eigenvalue weighted by molar-refractivity contribution is 0.301. The van der Waals surface area contributed by atoms with Crippen molar-refractivity contribution in [1.29, 1.82) is 0 Å². The molecule has 0 radical (unpaired) electrons. The topological polar surface area (TPSA) is 59.8 Å². The fraction of sp³-hybridized carbons (Fsp3) is 0.435. The van der Waals surface area contributed by atoms with Gasteiger partial charge < -0.3 is 5.32 Å². The van der Waals surface area contributed by atoms with Crippen molar-refractivity contribution in [2.45, 2.75) is 63.5 Å². The first-order valence-electron chi connectivity index (χ1n) is 10.4. The molecule has 28 heavy (non-hydrogen) atoms. The molecule has 0 amide bonds. The van der Waals surface area contributed by atoms with Gasteiger partial charge in [-0.2, -0.15) is 5.10 Å². The van der Waals surface area contributed by atoms with Crippen LogP contribution < -0.4 is 10.9 Å². The van der Waals surface area contributed by atoms with Gasteiger partial charge in [0.05, 0.1) is 17.3 Å². The van der Waals surface area contributed by atoms with Crippen LogP contribution in [0, 0.1) is 6.92 Å². The zero-order valence-electron chi connectivity index (χ0n) is 16.3. The number of fused-ring (bicyclic) bond motifs is 1. The molecule has 144 valence electrons. The maximum atomic E-state index is 12.3. The van der Waals surface area contributed by atoms with E-state index >= 15 is 0 Å². The van der Waals surface area contributed by atoms with Gasteiger partial charge in [-0.15, -0.1) is 0 Å². The molecule has 0 bridgehead atoms. The Kier molecular flexibility index (Phi) is 4.38. The number of nitrogens with one attached hydrogen (secondary N) is 1. The second kappa shape index (κ2) is 7.04. The zero-order chi connectivity index (χ0) is 19.1. The highest BCUT2D eigenvalue weighted by Crippen LogP contribution is 2.39. The van der Waals surface area contributed by atoms with Crippen LogP contribution in [-0.2, 0) is 0 Å². The molecule has 1 aromatic carbocycles. The molecule has 2 aliphatic carbocycles. The Morgan fingerprint density at radius 1 is 1.00 bits per heavy atom. The molecule has 0 aliphatic heterocycles. The molecule has 0 spiro atoms. The summed E-state index contributed by atoms with van der Waals surface area (Å²) in [5.74, 6) is 1.53. The van der Waals surface area contributed by atoms with Gasteiger partial charge in [0.15, 0.2) is 0 Å². The molecule has 5 heteroatoms. The smallest absolute Gasteiger partial charge is 0.267 e. The summed E-state index contributed by atoms with van der Waals surface area (Å²) in [7, 11) is 0. The molecule has 2 aliphatic rings. The number of aryl methyl sites for hydroxylation is 1. The van der Waals surface area contributed by atoms with Crippen LogP contribution in [0.4, 0.5) is 5.82 Å². The summed E-state index contributed by atoms with van der Waals surface area (Å²) in [6.07, 6.45) is 6.43. The van der Waals surface area contributed by atoms with E-state index in [-0.39, 0.29) is 11.6 Å². The molecular formula is C23H26N4O. The molecule has 2 fully saturated rings. The molecule has 5 nitrogen and oxygen atoms in total. The van der Waals surface area contributed by atoms with E-state index in [9.17, 15) is 4.79 Å². The van der Waals surface area contributed by atoms with Crippen molar-refractivity contribution in [1.82, 2.24) is 14.8 Å². The minimum absolute atomic E-state index is 0.0348. The number of para-hydroxylation sites is 1. The minimum Gasteiger partial charge on any atom is -0.367 e. The third-order valence-electron chi connectivity index (χ3n) is 6.16. The van der Waals surface area contributed by atoms with E-state index in [1.165, 1.54) is 23.8 Å². The third kappa shape index (κ3) is 3.41. The summed E-state index contributed by atoms with van der Waals surface area (Å²) in [6.45, 7) is 2.14. The molecule has 5 rings (SSSR count). The first kappa shape index (κ1) is 17.4. The van der Waals surface area contributed by atoms with E-state index in [4.69, 9.17) is 4.98 Å². The minimum atomic E-state index is 0.0348. The van der Waals surface area contributed by atoms with Gasteiger partial charge in [0.25, 0.3) is 5.56 Å². The standard InChI is InChI=1S/C23H26N4O/c1-15-14-22(25-21-5-3-2-4-19(15)21)24-17-8-10-18(11-9-17)27-23(28)13-12-20(26-27)16-6-7-16/h2-5,12-14,16-18H,6-11H2,1H3,(H,24,25). The molecule has 2 saturated carbocycles. The van der Waals surface area contributed by atoms with E-state index in [1.807, 2.05) is 12.1 Å². The fourth-order valence-corrected chi connectivity index (χ4v) is 4.40. The monoisotopic (exact) mass is 374 g/mol. The largest absolute Gasteiger partial charge is 0.367 e. The summed E-state index contributed by atoms with van der Waals surface area (Å²) in [4.78, 5) is 17.1. The maximum absolute atomic E-state index is 12.3. The number of anilines is 1. The molecule has 0 unspecified atom stereocenters. The maximum Gasteiger partial charge on any atom is 0.267 e. The van der Waals surface area contributed by atoms with Crippen LogP contribution in [0.1, 0.15) is 61.7 Å². The number of aromatic nitrogens is 3. The Morgan fingerprint density at radius 2 is 1.79 bits per heavy atom. The second-order valence-corrected chi connectivity index (χ2v) is 8.31. The molecular weight excluding hydrogens is 348 g/mol. The molecule has 0 saturated heterocycles. The Balaban J connectivity index is 1.28. The quantitative estimate of drug-likeness (QED) is 0.726. The van der Waals surface area contributed by atoms with Gasteiger partial charge in [-0.05, 0) is 69.2 Å². The van der Waals surface area contributed by atoms with E-state index in [0.717, 1.165) is 42.7 Å². The van der Waals surface area contributed by atoms with Gasteiger partial charge >= 0.3 is 0 Å². The molecule has 3 aromatic rings. The van der Waals surface area contributed by atoms with Crippen molar-refractivity contribution in [3.8, 4) is 0 Å². The Bertz CT molecular complexity index is 1060. The van der Waals surface area contributed by atoms with Crippen LogP contribution >= 0.6 is 0 Å². The van der Waals surface area contributed by atoms with Crippen LogP contribution in [0.25, 0.3) is 10.9 Å². The first-order valence-corrected chi connectivity index (χ1v) is 10.4. The third-order valence-corrected chi connectivity index (χ3v) is 6.16. The number of pyridine rings is 1. The Hall–Kier alpha value is -2.69. The lowest BCUT2D eigenvalue weighted by Crippen LogP contribution is -2.33. The average Bonchev–Trinajstić information content (AvgIpc) is 3.55. The lowest BCUT2D eigenvalue weighted by Gasteiger charge is -2.30. The van der Waals surface area contributed by atoms with Gasteiger partial charge in [-0.1, -0.05) is 18.2 Å². The first-order chi connectivity index (χ1) is 13.7. The van der Waals surface area contributed by atoms with Gasteiger partial charge in [-0.25, -0.2) is 9.67 Å². The average molecular weight is 374 g/mol. The summed E-state index contributed by atoms with van der Waals surface area (Å²) < 4.78 is 1.75. The van der Waals surface area contributed by atoms with Gasteiger partial charge in [0, 0.05) is 23.4 Å². The van der Waals surface area contributed by atoms with E-state index < -0.39 is 0 Å². The van der Waals surface area contributed by atoms with Crippen molar-refractivity contribution in [2.24, 2.45) is 0 Å². The van der Waals surface area contributed by atoms with Gasteiger partial charge in [0.1, 0.15) is 5.82 Å². The fourth-order valence-electron chi connectivity index (χ4n) is 4.40. The number of hydrogen-bond donors (Lipinski definition) is 1. The van der Waals surface area contributed by atoms with E-state index in [1.54, 1.807) is 10.7 Å². The highest BCUT2D eigenvalue weighted by molar-refractivity contribution is 5.83. The van der Waals surface area contributed by atoms with Crippen molar-refractivity contribution >= 4 is 16.7 Å². The molecule has 0 atom stereocenters. The second-order valence-electron chi connectivity index (χ2n) is 8.31. The number of nitrogens with zero attached hydrogens (tertiary/aromatic N) is 3. The number of rotatable bonds is 4. The van der Waals surface area contributed by atoms with Gasteiger partial charge in [-0.3, -0.25) is 4.79 Å². The lowest BCUT2D eigenvalue weighted by atomic mass is 9.91. The van der Waals surface area contributed by atoms with Crippen LogP contribution in [0.2, 0.25) is 0 Å².